The number of carbonyl (C=O) groups is 1. The van der Waals surface area contributed by atoms with Crippen molar-refractivity contribution in [3.8, 4) is 11.5 Å². The number of sulfonamides is 1. The zero-order valence-corrected chi connectivity index (χ0v) is 15.0. The Morgan fingerprint density at radius 3 is 2.23 bits per heavy atom. The van der Waals surface area contributed by atoms with Gasteiger partial charge in [-0.3, -0.25) is 4.79 Å². The average molecular weight is 375 g/mol. The minimum atomic E-state index is -3.78. The predicted octanol–water partition coefficient (Wildman–Crippen LogP) is 3.40. The van der Waals surface area contributed by atoms with E-state index in [9.17, 15) is 18.3 Å². The number of rotatable bonds is 6. The molecule has 26 heavy (non-hydrogen) atoms. The SMILES string of the molecule is O=C(O)[C@H]1CCCC[C@H]1NS(=O)(=O)c1ccc(Oc2ccccc2)cc1. The molecule has 138 valence electrons. The van der Waals surface area contributed by atoms with Crippen LogP contribution in [0.5, 0.6) is 11.5 Å². The van der Waals surface area contributed by atoms with Crippen LogP contribution in [-0.2, 0) is 14.8 Å². The van der Waals surface area contributed by atoms with Gasteiger partial charge in [0.2, 0.25) is 10.0 Å². The van der Waals surface area contributed by atoms with E-state index in [1.165, 1.54) is 12.1 Å². The maximum atomic E-state index is 12.6. The molecule has 0 aliphatic heterocycles. The third kappa shape index (κ3) is 4.42. The molecule has 0 bridgehead atoms. The highest BCUT2D eigenvalue weighted by atomic mass is 32.2. The van der Waals surface area contributed by atoms with Gasteiger partial charge in [0, 0.05) is 6.04 Å². The lowest BCUT2D eigenvalue weighted by molar-refractivity contribution is -0.143. The van der Waals surface area contributed by atoms with E-state index in [0.29, 0.717) is 24.3 Å². The Balaban J connectivity index is 1.72. The summed E-state index contributed by atoms with van der Waals surface area (Å²) >= 11 is 0. The number of nitrogens with one attached hydrogen (secondary N) is 1. The summed E-state index contributed by atoms with van der Waals surface area (Å²) in [6.07, 6.45) is 2.65. The smallest absolute Gasteiger partial charge is 0.308 e. The van der Waals surface area contributed by atoms with Gasteiger partial charge in [0.05, 0.1) is 10.8 Å². The van der Waals surface area contributed by atoms with Crippen LogP contribution in [0.3, 0.4) is 0 Å². The number of carboxylic acids is 1. The van der Waals surface area contributed by atoms with E-state index in [2.05, 4.69) is 4.72 Å². The fourth-order valence-corrected chi connectivity index (χ4v) is 4.46. The first kappa shape index (κ1) is 18.4. The maximum Gasteiger partial charge on any atom is 0.308 e. The molecular weight excluding hydrogens is 354 g/mol. The lowest BCUT2D eigenvalue weighted by Gasteiger charge is -2.29. The molecule has 6 nitrogen and oxygen atoms in total. The summed E-state index contributed by atoms with van der Waals surface area (Å²) in [6.45, 7) is 0. The van der Waals surface area contributed by atoms with Crippen LogP contribution in [0.4, 0.5) is 0 Å². The number of para-hydroxylation sites is 1. The van der Waals surface area contributed by atoms with Crippen molar-refractivity contribution < 1.29 is 23.1 Å². The van der Waals surface area contributed by atoms with Crippen molar-refractivity contribution in [3.63, 3.8) is 0 Å². The monoisotopic (exact) mass is 375 g/mol. The Hall–Kier alpha value is -2.38. The van der Waals surface area contributed by atoms with Gasteiger partial charge in [-0.05, 0) is 49.2 Å². The van der Waals surface area contributed by atoms with Crippen molar-refractivity contribution in [1.29, 1.82) is 0 Å². The highest BCUT2D eigenvalue weighted by Crippen LogP contribution is 2.27. The minimum Gasteiger partial charge on any atom is -0.481 e. The minimum absolute atomic E-state index is 0.0904. The van der Waals surface area contributed by atoms with E-state index in [1.807, 2.05) is 18.2 Å². The number of ether oxygens (including phenoxy) is 1. The van der Waals surface area contributed by atoms with E-state index in [0.717, 1.165) is 12.8 Å². The van der Waals surface area contributed by atoms with Crippen molar-refractivity contribution in [2.75, 3.05) is 0 Å². The molecule has 2 atom stereocenters. The van der Waals surface area contributed by atoms with E-state index in [-0.39, 0.29) is 4.90 Å². The van der Waals surface area contributed by atoms with Crippen molar-refractivity contribution in [2.24, 2.45) is 5.92 Å². The number of hydrogen-bond donors (Lipinski definition) is 2. The van der Waals surface area contributed by atoms with Gasteiger partial charge in [-0.1, -0.05) is 31.0 Å². The van der Waals surface area contributed by atoms with Crippen molar-refractivity contribution >= 4 is 16.0 Å². The van der Waals surface area contributed by atoms with Gasteiger partial charge in [-0.25, -0.2) is 13.1 Å². The van der Waals surface area contributed by atoms with Crippen LogP contribution in [0, 0.1) is 5.92 Å². The van der Waals surface area contributed by atoms with Crippen molar-refractivity contribution in [2.45, 2.75) is 36.6 Å². The van der Waals surface area contributed by atoms with Crippen LogP contribution in [0.15, 0.2) is 59.5 Å². The molecule has 0 spiro atoms. The summed E-state index contributed by atoms with van der Waals surface area (Å²) in [4.78, 5) is 11.4. The molecule has 2 aromatic rings. The Kier molecular flexibility index (Phi) is 5.58. The number of aliphatic carboxylic acids is 1. The molecule has 0 unspecified atom stereocenters. The maximum absolute atomic E-state index is 12.6. The van der Waals surface area contributed by atoms with Gasteiger partial charge in [0.1, 0.15) is 11.5 Å². The molecule has 1 aliphatic carbocycles. The van der Waals surface area contributed by atoms with Crippen LogP contribution < -0.4 is 9.46 Å². The van der Waals surface area contributed by atoms with E-state index in [4.69, 9.17) is 4.74 Å². The first-order valence-corrected chi connectivity index (χ1v) is 10.0. The molecule has 0 heterocycles. The fraction of sp³-hybridized carbons (Fsp3) is 0.316. The van der Waals surface area contributed by atoms with Crippen LogP contribution in [0.1, 0.15) is 25.7 Å². The van der Waals surface area contributed by atoms with Gasteiger partial charge in [0.15, 0.2) is 0 Å². The van der Waals surface area contributed by atoms with Crippen LogP contribution in [0.25, 0.3) is 0 Å². The van der Waals surface area contributed by atoms with Gasteiger partial charge in [-0.2, -0.15) is 0 Å². The summed E-state index contributed by atoms with van der Waals surface area (Å²) in [5.74, 6) is -0.452. The first-order valence-electron chi connectivity index (χ1n) is 8.54. The molecule has 0 saturated heterocycles. The second-order valence-corrected chi connectivity index (χ2v) is 8.06. The Bertz CT molecular complexity index is 849. The molecule has 2 aromatic carbocycles. The number of benzene rings is 2. The van der Waals surface area contributed by atoms with Gasteiger partial charge in [-0.15, -0.1) is 0 Å². The molecule has 0 radical (unpaired) electrons. The summed E-state index contributed by atoms with van der Waals surface area (Å²) in [7, 11) is -3.78. The summed E-state index contributed by atoms with van der Waals surface area (Å²) in [5, 5.41) is 9.30. The third-order valence-electron chi connectivity index (χ3n) is 4.50. The standard InChI is InChI=1S/C19H21NO5S/c21-19(22)17-8-4-5-9-18(17)20-26(23,24)16-12-10-15(11-13-16)25-14-6-2-1-3-7-14/h1-3,6-7,10-13,17-18,20H,4-5,8-9H2,(H,21,22)/t17-,18+/m0/s1. The molecule has 0 amide bonds. The quantitative estimate of drug-likeness (QED) is 0.807. The van der Waals surface area contributed by atoms with Crippen LogP contribution >= 0.6 is 0 Å². The second-order valence-electron chi connectivity index (χ2n) is 6.34. The lowest BCUT2D eigenvalue weighted by atomic mass is 9.85. The summed E-state index contributed by atoms with van der Waals surface area (Å²) in [5.41, 5.74) is 0. The lowest BCUT2D eigenvalue weighted by Crippen LogP contribution is -2.44. The molecule has 1 saturated carbocycles. The Morgan fingerprint density at radius 2 is 1.58 bits per heavy atom. The van der Waals surface area contributed by atoms with E-state index in [1.54, 1.807) is 24.3 Å². The summed E-state index contributed by atoms with van der Waals surface area (Å²) < 4.78 is 33.4. The van der Waals surface area contributed by atoms with E-state index < -0.39 is 28.0 Å². The van der Waals surface area contributed by atoms with Crippen molar-refractivity contribution in [3.05, 3.63) is 54.6 Å². The highest BCUT2D eigenvalue weighted by molar-refractivity contribution is 7.89. The second kappa shape index (κ2) is 7.88. The molecular formula is C19H21NO5S. The Morgan fingerprint density at radius 1 is 0.962 bits per heavy atom. The molecule has 3 rings (SSSR count). The summed E-state index contributed by atoms with van der Waals surface area (Å²) in [6, 6.07) is 14.7. The Labute approximate surface area is 152 Å². The zero-order valence-electron chi connectivity index (χ0n) is 14.2. The van der Waals surface area contributed by atoms with E-state index >= 15 is 0 Å². The van der Waals surface area contributed by atoms with Crippen LogP contribution in [-0.4, -0.2) is 25.5 Å². The van der Waals surface area contributed by atoms with Gasteiger partial charge in [0.25, 0.3) is 0 Å². The molecule has 7 heteroatoms. The van der Waals surface area contributed by atoms with Crippen molar-refractivity contribution in [1.82, 2.24) is 4.72 Å². The molecule has 1 aliphatic rings. The van der Waals surface area contributed by atoms with Gasteiger partial charge < -0.3 is 9.84 Å². The molecule has 1 fully saturated rings. The largest absolute Gasteiger partial charge is 0.481 e. The predicted molar refractivity (Wildman–Crippen MR) is 96.7 cm³/mol. The number of carboxylic acid groups (broad SMARTS) is 1. The fourth-order valence-electron chi connectivity index (χ4n) is 3.15. The topological polar surface area (TPSA) is 92.7 Å². The highest BCUT2D eigenvalue weighted by Gasteiger charge is 2.33. The molecule has 2 N–H and O–H groups in total. The van der Waals surface area contributed by atoms with Gasteiger partial charge >= 0.3 is 5.97 Å². The number of hydrogen-bond acceptors (Lipinski definition) is 4. The first-order chi connectivity index (χ1) is 12.5. The normalized spacial score (nSPS) is 20.5. The third-order valence-corrected chi connectivity index (χ3v) is 6.01. The average Bonchev–Trinajstić information content (AvgIpc) is 2.63. The zero-order chi connectivity index (χ0) is 18.6. The molecule has 0 aromatic heterocycles. The van der Waals surface area contributed by atoms with Crippen LogP contribution in [0.2, 0.25) is 0 Å².